The van der Waals surface area contributed by atoms with Crippen molar-refractivity contribution in [2.45, 2.75) is 65.3 Å². The predicted octanol–water partition coefficient (Wildman–Crippen LogP) is 4.48. The third-order valence-corrected chi connectivity index (χ3v) is 4.77. The van der Waals surface area contributed by atoms with Gasteiger partial charge >= 0.3 is 12.1 Å². The highest BCUT2D eigenvalue weighted by Crippen LogP contribution is 2.11. The minimum atomic E-state index is -0.587. The van der Waals surface area contributed by atoms with E-state index >= 15 is 0 Å². The van der Waals surface area contributed by atoms with Crippen molar-refractivity contribution in [3.05, 3.63) is 71.8 Å². The summed E-state index contributed by atoms with van der Waals surface area (Å²) in [4.78, 5) is 25.1. The Hall–Kier alpha value is -2.86. The van der Waals surface area contributed by atoms with Gasteiger partial charge in [-0.3, -0.25) is 4.79 Å². The molecule has 0 saturated carbocycles. The highest BCUT2D eigenvalue weighted by atomic mass is 16.6. The van der Waals surface area contributed by atoms with Crippen molar-refractivity contribution < 1.29 is 19.1 Å². The van der Waals surface area contributed by atoms with Crippen molar-refractivity contribution >= 4 is 12.1 Å². The van der Waals surface area contributed by atoms with Gasteiger partial charge in [0.1, 0.15) is 18.2 Å². The van der Waals surface area contributed by atoms with Gasteiger partial charge in [0.15, 0.2) is 0 Å². The molecule has 2 rings (SSSR count). The summed E-state index contributed by atoms with van der Waals surface area (Å²) in [6, 6.07) is 18.8. The van der Waals surface area contributed by atoms with Crippen LogP contribution in [-0.4, -0.2) is 36.3 Å². The van der Waals surface area contributed by atoms with Crippen molar-refractivity contribution in [2.75, 3.05) is 6.54 Å². The number of benzene rings is 2. The van der Waals surface area contributed by atoms with E-state index in [9.17, 15) is 9.59 Å². The summed E-state index contributed by atoms with van der Waals surface area (Å²) >= 11 is 0. The molecule has 0 heterocycles. The van der Waals surface area contributed by atoms with Crippen LogP contribution < -0.4 is 10.6 Å². The molecule has 6 heteroatoms. The zero-order valence-corrected chi connectivity index (χ0v) is 19.8. The van der Waals surface area contributed by atoms with Crippen molar-refractivity contribution in [1.29, 1.82) is 0 Å². The normalized spacial score (nSPS) is 13.3. The molecule has 2 N–H and O–H groups in total. The summed E-state index contributed by atoms with van der Waals surface area (Å²) in [7, 11) is 0. The monoisotopic (exact) mass is 440 g/mol. The molecular formula is C26H36N2O4. The first-order valence-corrected chi connectivity index (χ1v) is 11.1. The van der Waals surface area contributed by atoms with Gasteiger partial charge in [-0.25, -0.2) is 4.79 Å². The molecule has 0 radical (unpaired) electrons. The largest absolute Gasteiger partial charge is 0.460 e. The lowest BCUT2D eigenvalue weighted by atomic mass is 10.0. The molecule has 2 aromatic carbocycles. The highest BCUT2D eigenvalue weighted by molar-refractivity contribution is 5.76. The van der Waals surface area contributed by atoms with E-state index in [1.165, 1.54) is 0 Å². The lowest BCUT2D eigenvalue weighted by Crippen LogP contribution is -2.50. The van der Waals surface area contributed by atoms with Crippen molar-refractivity contribution in [2.24, 2.45) is 5.92 Å². The number of alkyl carbamates (subject to hydrolysis) is 1. The van der Waals surface area contributed by atoms with Crippen LogP contribution in [0.4, 0.5) is 4.79 Å². The van der Waals surface area contributed by atoms with E-state index in [-0.39, 0.29) is 24.5 Å². The molecule has 32 heavy (non-hydrogen) atoms. The molecule has 0 aliphatic rings. The lowest BCUT2D eigenvalue weighted by molar-refractivity contribution is -0.148. The molecule has 0 bridgehead atoms. The fourth-order valence-electron chi connectivity index (χ4n) is 3.23. The number of carbonyl (C=O) groups excluding carboxylic acids is 2. The van der Waals surface area contributed by atoms with E-state index in [1.54, 1.807) is 0 Å². The summed E-state index contributed by atoms with van der Waals surface area (Å²) in [6.07, 6.45) is 0.129. The van der Waals surface area contributed by atoms with Crippen LogP contribution in [0.1, 0.15) is 45.7 Å². The molecule has 6 nitrogen and oxygen atoms in total. The van der Waals surface area contributed by atoms with Crippen molar-refractivity contribution in [1.82, 2.24) is 10.6 Å². The Bertz CT molecular complexity index is 832. The number of amides is 1. The quantitative estimate of drug-likeness (QED) is 0.533. The molecule has 0 aromatic heterocycles. The second-order valence-corrected chi connectivity index (χ2v) is 9.26. The second kappa shape index (κ2) is 12.2. The third kappa shape index (κ3) is 9.52. The van der Waals surface area contributed by atoms with Gasteiger partial charge in [-0.1, -0.05) is 74.5 Å². The summed E-state index contributed by atoms with van der Waals surface area (Å²) in [5, 5.41) is 6.24. The van der Waals surface area contributed by atoms with Gasteiger partial charge in [-0.2, -0.15) is 0 Å². The van der Waals surface area contributed by atoms with E-state index in [0.29, 0.717) is 13.0 Å². The predicted molar refractivity (Wildman–Crippen MR) is 126 cm³/mol. The van der Waals surface area contributed by atoms with Crippen molar-refractivity contribution in [3.8, 4) is 0 Å². The van der Waals surface area contributed by atoms with Gasteiger partial charge in [0.25, 0.3) is 0 Å². The van der Waals surface area contributed by atoms with Gasteiger partial charge in [-0.05, 0) is 44.2 Å². The number of nitrogens with one attached hydrogen (secondary N) is 2. The average molecular weight is 441 g/mol. The zero-order valence-electron chi connectivity index (χ0n) is 19.8. The molecule has 0 aliphatic carbocycles. The van der Waals surface area contributed by atoms with E-state index in [4.69, 9.17) is 9.47 Å². The summed E-state index contributed by atoms with van der Waals surface area (Å²) < 4.78 is 11.0. The third-order valence-electron chi connectivity index (χ3n) is 4.77. The maximum Gasteiger partial charge on any atom is 0.407 e. The van der Waals surface area contributed by atoms with Gasteiger partial charge in [-0.15, -0.1) is 0 Å². The van der Waals surface area contributed by atoms with Gasteiger partial charge in [0.05, 0.1) is 0 Å². The molecule has 0 spiro atoms. The number of hydrogen-bond acceptors (Lipinski definition) is 5. The lowest BCUT2D eigenvalue weighted by Gasteiger charge is -2.27. The number of rotatable bonds is 10. The molecule has 1 amide bonds. The minimum absolute atomic E-state index is 0.0252. The van der Waals surface area contributed by atoms with Crippen LogP contribution in [0.5, 0.6) is 0 Å². The molecule has 0 unspecified atom stereocenters. The number of esters is 1. The van der Waals surface area contributed by atoms with E-state index in [0.717, 1.165) is 11.1 Å². The van der Waals surface area contributed by atoms with Crippen LogP contribution >= 0.6 is 0 Å². The van der Waals surface area contributed by atoms with Gasteiger partial charge < -0.3 is 20.1 Å². The van der Waals surface area contributed by atoms with Crippen LogP contribution in [0.2, 0.25) is 0 Å². The minimum Gasteiger partial charge on any atom is -0.460 e. The van der Waals surface area contributed by atoms with Gasteiger partial charge in [0.2, 0.25) is 0 Å². The van der Waals surface area contributed by atoms with Crippen LogP contribution in [0, 0.1) is 5.92 Å². The molecule has 0 aliphatic heterocycles. The maximum absolute atomic E-state index is 12.7. The Kier molecular flexibility index (Phi) is 9.72. The molecule has 2 aromatic rings. The summed E-state index contributed by atoms with van der Waals surface area (Å²) in [5.41, 5.74) is 1.44. The molecule has 174 valence electrons. The maximum atomic E-state index is 12.7. The first kappa shape index (κ1) is 25.4. The second-order valence-electron chi connectivity index (χ2n) is 9.26. The van der Waals surface area contributed by atoms with Gasteiger partial charge in [0, 0.05) is 12.6 Å². The van der Waals surface area contributed by atoms with E-state index in [1.807, 2.05) is 95.3 Å². The van der Waals surface area contributed by atoms with Crippen LogP contribution in [0.15, 0.2) is 60.7 Å². The van der Waals surface area contributed by atoms with E-state index in [2.05, 4.69) is 10.6 Å². The van der Waals surface area contributed by atoms with E-state index < -0.39 is 17.7 Å². The topological polar surface area (TPSA) is 76.7 Å². The molecule has 0 fully saturated rings. The molecular weight excluding hydrogens is 404 g/mol. The first-order chi connectivity index (χ1) is 15.1. The fraction of sp³-hybridized carbons (Fsp3) is 0.462. The highest BCUT2D eigenvalue weighted by Gasteiger charge is 2.26. The zero-order chi connectivity index (χ0) is 23.6. The Morgan fingerprint density at radius 3 is 2.00 bits per heavy atom. The fourth-order valence-corrected chi connectivity index (χ4v) is 3.23. The number of hydrogen-bond donors (Lipinski definition) is 2. The Balaban J connectivity index is 2.01. The van der Waals surface area contributed by atoms with Crippen LogP contribution in [0.3, 0.4) is 0 Å². The molecule has 2 atom stereocenters. The number of ether oxygens (including phenoxy) is 2. The standard InChI is InChI=1S/C26H36N2O4/c1-19(2)23(24(29)31-18-21-14-10-7-11-15-21)27-17-22(16-20-12-8-6-9-13-20)28-25(30)32-26(3,4)5/h6-15,19,22-23,27H,16-18H2,1-5H3,(H,28,30)/t22-,23+/m1/s1. The first-order valence-electron chi connectivity index (χ1n) is 11.1. The van der Waals surface area contributed by atoms with Crippen molar-refractivity contribution in [3.63, 3.8) is 0 Å². The summed E-state index contributed by atoms with van der Waals surface area (Å²) in [5.74, 6) is -0.281. The smallest absolute Gasteiger partial charge is 0.407 e. The Morgan fingerprint density at radius 1 is 0.906 bits per heavy atom. The van der Waals surface area contributed by atoms with Crippen LogP contribution in [-0.2, 0) is 27.3 Å². The number of carbonyl (C=O) groups is 2. The van der Waals surface area contributed by atoms with Crippen LogP contribution in [0.25, 0.3) is 0 Å². The molecule has 0 saturated heterocycles. The average Bonchev–Trinajstić information content (AvgIpc) is 2.72. The Labute approximate surface area is 191 Å². The Morgan fingerprint density at radius 2 is 1.47 bits per heavy atom. The summed E-state index contributed by atoms with van der Waals surface area (Å²) in [6.45, 7) is 10.0. The SMILES string of the molecule is CC(C)[C@H](NC[C@@H](Cc1ccccc1)NC(=O)OC(C)(C)C)C(=O)OCc1ccccc1.